The number of carbonyl (C=O) groups is 1. The van der Waals surface area contributed by atoms with E-state index in [1.165, 1.54) is 0 Å². The summed E-state index contributed by atoms with van der Waals surface area (Å²) >= 11 is 6.09. The van der Waals surface area contributed by atoms with E-state index in [0.29, 0.717) is 33.0 Å². The normalized spacial score (nSPS) is 13.7. The first-order chi connectivity index (χ1) is 12.9. The van der Waals surface area contributed by atoms with Gasteiger partial charge in [-0.15, -0.1) is 0 Å². The van der Waals surface area contributed by atoms with Crippen molar-refractivity contribution in [1.82, 2.24) is 0 Å². The lowest BCUT2D eigenvalue weighted by Gasteiger charge is -2.12. The Labute approximate surface area is 160 Å². The molecule has 1 aliphatic rings. The van der Waals surface area contributed by atoms with Gasteiger partial charge in [-0.1, -0.05) is 41.9 Å². The van der Waals surface area contributed by atoms with E-state index >= 15 is 0 Å². The maximum absolute atomic E-state index is 12.9. The predicted octanol–water partition coefficient (Wildman–Crippen LogP) is 4.28. The smallest absolute Gasteiger partial charge is 0.341 e. The number of carboxylic acids is 1. The van der Waals surface area contributed by atoms with Gasteiger partial charge in [0.1, 0.15) is 5.75 Å². The Morgan fingerprint density at radius 2 is 1.67 bits per heavy atom. The largest absolute Gasteiger partial charge is 0.481 e. The third-order valence-electron chi connectivity index (χ3n) is 4.34. The average Bonchev–Trinajstić information content (AvgIpc) is 2.88. The molecular weight excluding hydrogens is 388 g/mol. The summed E-state index contributed by atoms with van der Waals surface area (Å²) in [4.78, 5) is 11.3. The van der Waals surface area contributed by atoms with E-state index < -0.39 is 22.4 Å². The minimum atomic E-state index is -3.61. The maximum atomic E-state index is 12.9. The SMILES string of the molecule is O=C(O)COc1ccc(Cl)cc1-c1ccc2c(c1)S(=O)(=O)c1ccccc1-2. The number of sulfone groups is 1. The molecule has 7 heteroatoms. The monoisotopic (exact) mass is 400 g/mol. The molecule has 0 unspecified atom stereocenters. The number of aliphatic carboxylic acids is 1. The van der Waals surface area contributed by atoms with E-state index in [4.69, 9.17) is 21.4 Å². The molecule has 0 atom stereocenters. The lowest BCUT2D eigenvalue weighted by atomic mass is 10.00. The summed E-state index contributed by atoms with van der Waals surface area (Å²) in [5, 5.41) is 9.29. The van der Waals surface area contributed by atoms with Crippen LogP contribution in [-0.4, -0.2) is 26.1 Å². The molecule has 0 saturated carbocycles. The van der Waals surface area contributed by atoms with Crippen molar-refractivity contribution in [3.05, 3.63) is 65.7 Å². The molecule has 0 saturated heterocycles. The van der Waals surface area contributed by atoms with Gasteiger partial charge in [-0.2, -0.15) is 0 Å². The fourth-order valence-corrected chi connectivity index (χ4v) is 5.05. The Morgan fingerprint density at radius 3 is 2.44 bits per heavy atom. The topological polar surface area (TPSA) is 80.7 Å². The molecule has 4 rings (SSSR count). The van der Waals surface area contributed by atoms with Crippen LogP contribution < -0.4 is 4.74 Å². The van der Waals surface area contributed by atoms with Gasteiger partial charge in [0, 0.05) is 21.7 Å². The van der Waals surface area contributed by atoms with Gasteiger partial charge in [-0.05, 0) is 35.9 Å². The highest BCUT2D eigenvalue weighted by Gasteiger charge is 2.32. The molecular formula is C20H13ClO5S. The number of halogens is 1. The number of fused-ring (bicyclic) bond motifs is 3. The summed E-state index contributed by atoms with van der Waals surface area (Å²) in [7, 11) is -3.61. The standard InChI is InChI=1S/C20H13ClO5S/c21-13-6-8-17(26-11-20(22)23)16(10-13)12-5-7-15-14-3-1-2-4-18(14)27(24,25)19(15)9-12/h1-10H,11H2,(H,22,23). The molecule has 3 aromatic carbocycles. The highest BCUT2D eigenvalue weighted by molar-refractivity contribution is 7.92. The van der Waals surface area contributed by atoms with E-state index in [-0.39, 0.29) is 9.79 Å². The van der Waals surface area contributed by atoms with Crippen molar-refractivity contribution in [1.29, 1.82) is 0 Å². The first-order valence-corrected chi connectivity index (χ1v) is 9.87. The van der Waals surface area contributed by atoms with Crippen molar-refractivity contribution < 1.29 is 23.1 Å². The van der Waals surface area contributed by atoms with Gasteiger partial charge in [0.15, 0.2) is 6.61 Å². The predicted molar refractivity (Wildman–Crippen MR) is 101 cm³/mol. The van der Waals surface area contributed by atoms with Gasteiger partial charge in [-0.25, -0.2) is 13.2 Å². The van der Waals surface area contributed by atoms with Crippen LogP contribution in [0.2, 0.25) is 5.02 Å². The molecule has 5 nitrogen and oxygen atoms in total. The van der Waals surface area contributed by atoms with Gasteiger partial charge in [0.25, 0.3) is 0 Å². The summed E-state index contributed by atoms with van der Waals surface area (Å²) < 4.78 is 31.1. The number of hydrogen-bond acceptors (Lipinski definition) is 4. The van der Waals surface area contributed by atoms with Gasteiger partial charge in [0.2, 0.25) is 9.84 Å². The molecule has 0 bridgehead atoms. The van der Waals surface area contributed by atoms with E-state index in [1.54, 1.807) is 60.7 Å². The van der Waals surface area contributed by atoms with Crippen LogP contribution in [0.3, 0.4) is 0 Å². The summed E-state index contributed by atoms with van der Waals surface area (Å²) in [6.07, 6.45) is 0. The number of hydrogen-bond donors (Lipinski definition) is 1. The third-order valence-corrected chi connectivity index (χ3v) is 6.43. The molecule has 0 radical (unpaired) electrons. The molecule has 1 heterocycles. The van der Waals surface area contributed by atoms with Gasteiger partial charge in [-0.3, -0.25) is 0 Å². The van der Waals surface area contributed by atoms with Crippen LogP contribution >= 0.6 is 11.6 Å². The summed E-state index contributed by atoms with van der Waals surface area (Å²) in [5.74, 6) is -0.794. The molecule has 0 amide bonds. The Balaban J connectivity index is 1.86. The van der Waals surface area contributed by atoms with Crippen LogP contribution in [0, 0.1) is 0 Å². The molecule has 0 aromatic heterocycles. The van der Waals surface area contributed by atoms with Crippen molar-refractivity contribution in [3.8, 4) is 28.0 Å². The Kier molecular flexibility index (Phi) is 4.17. The molecule has 0 aliphatic carbocycles. The van der Waals surface area contributed by atoms with Crippen LogP contribution in [0.25, 0.3) is 22.3 Å². The minimum Gasteiger partial charge on any atom is -0.481 e. The van der Waals surface area contributed by atoms with Crippen molar-refractivity contribution >= 4 is 27.4 Å². The number of carboxylic acid groups (broad SMARTS) is 1. The first kappa shape index (κ1) is 17.6. The van der Waals surface area contributed by atoms with Crippen LogP contribution in [0.5, 0.6) is 5.75 Å². The van der Waals surface area contributed by atoms with Gasteiger partial charge in [0.05, 0.1) is 9.79 Å². The molecule has 1 aliphatic heterocycles. The van der Waals surface area contributed by atoms with Crippen molar-refractivity contribution in [2.45, 2.75) is 9.79 Å². The molecule has 1 N–H and O–H groups in total. The highest BCUT2D eigenvalue weighted by Crippen LogP contribution is 2.45. The van der Waals surface area contributed by atoms with Crippen molar-refractivity contribution in [2.75, 3.05) is 6.61 Å². The molecule has 0 spiro atoms. The number of ether oxygens (including phenoxy) is 1. The zero-order chi connectivity index (χ0) is 19.2. The van der Waals surface area contributed by atoms with Crippen LogP contribution in [-0.2, 0) is 14.6 Å². The molecule has 3 aromatic rings. The molecule has 0 fully saturated rings. The average molecular weight is 401 g/mol. The quantitative estimate of drug-likeness (QED) is 0.553. The number of rotatable bonds is 4. The van der Waals surface area contributed by atoms with Gasteiger partial charge < -0.3 is 9.84 Å². The van der Waals surface area contributed by atoms with E-state index in [9.17, 15) is 13.2 Å². The maximum Gasteiger partial charge on any atom is 0.341 e. The molecule has 136 valence electrons. The number of benzene rings is 3. The second-order valence-corrected chi connectivity index (χ2v) is 8.36. The van der Waals surface area contributed by atoms with Crippen LogP contribution in [0.1, 0.15) is 0 Å². The van der Waals surface area contributed by atoms with Crippen molar-refractivity contribution in [2.24, 2.45) is 0 Å². The molecule has 27 heavy (non-hydrogen) atoms. The second kappa shape index (κ2) is 6.40. The minimum absolute atomic E-state index is 0.213. The van der Waals surface area contributed by atoms with E-state index in [2.05, 4.69) is 0 Å². The summed E-state index contributed by atoms with van der Waals surface area (Å²) in [6, 6.07) is 16.7. The van der Waals surface area contributed by atoms with E-state index in [1.807, 2.05) is 0 Å². The Hall–Kier alpha value is -2.83. The highest BCUT2D eigenvalue weighted by atomic mass is 35.5. The van der Waals surface area contributed by atoms with Gasteiger partial charge >= 0.3 is 5.97 Å². The summed E-state index contributed by atoms with van der Waals surface area (Å²) in [5.41, 5.74) is 2.42. The zero-order valence-electron chi connectivity index (χ0n) is 13.8. The van der Waals surface area contributed by atoms with Crippen LogP contribution in [0.4, 0.5) is 0 Å². The van der Waals surface area contributed by atoms with Crippen LogP contribution in [0.15, 0.2) is 70.5 Å². The van der Waals surface area contributed by atoms with E-state index in [0.717, 1.165) is 0 Å². The zero-order valence-corrected chi connectivity index (χ0v) is 15.4. The first-order valence-electron chi connectivity index (χ1n) is 8.01. The lowest BCUT2D eigenvalue weighted by molar-refractivity contribution is -0.139. The fraction of sp³-hybridized carbons (Fsp3) is 0.0500. The lowest BCUT2D eigenvalue weighted by Crippen LogP contribution is -2.10. The fourth-order valence-electron chi connectivity index (χ4n) is 3.17. The second-order valence-electron chi connectivity index (χ2n) is 6.03. The third kappa shape index (κ3) is 2.97. The summed E-state index contributed by atoms with van der Waals surface area (Å²) in [6.45, 7) is -0.511. The van der Waals surface area contributed by atoms with Crippen molar-refractivity contribution in [3.63, 3.8) is 0 Å². The Bertz CT molecular complexity index is 1180. The Morgan fingerprint density at radius 1 is 0.926 bits per heavy atom.